The lowest BCUT2D eigenvalue weighted by Crippen LogP contribution is -2.33. The summed E-state index contributed by atoms with van der Waals surface area (Å²) in [5.41, 5.74) is 0.324. The maximum atomic E-state index is 6.42. The van der Waals surface area contributed by atoms with Gasteiger partial charge in [-0.2, -0.15) is 0 Å². The van der Waals surface area contributed by atoms with Crippen molar-refractivity contribution in [1.82, 2.24) is 5.32 Å². The van der Waals surface area contributed by atoms with Crippen LogP contribution in [0.1, 0.15) is 57.8 Å². The zero-order valence-electron chi connectivity index (χ0n) is 11.9. The fraction of sp³-hybridized carbons (Fsp3) is 1.00. The van der Waals surface area contributed by atoms with Crippen molar-refractivity contribution in [2.24, 2.45) is 23.7 Å². The summed E-state index contributed by atoms with van der Waals surface area (Å²) < 4.78 is 6.42. The Morgan fingerprint density at radius 2 is 1.68 bits per heavy atom. The first-order valence-corrected chi connectivity index (χ1v) is 8.76. The molecule has 5 aliphatic rings. The van der Waals surface area contributed by atoms with Crippen molar-refractivity contribution in [3.8, 4) is 0 Å². The molecule has 0 radical (unpaired) electrons. The summed E-state index contributed by atoms with van der Waals surface area (Å²) in [5, 5.41) is 3.88. The van der Waals surface area contributed by atoms with E-state index in [0.717, 1.165) is 36.3 Å². The van der Waals surface area contributed by atoms with E-state index in [1.807, 2.05) is 0 Å². The Kier molecular flexibility index (Phi) is 2.42. The lowest BCUT2D eigenvalue weighted by Gasteiger charge is -2.24. The Morgan fingerprint density at radius 1 is 0.947 bits per heavy atom. The van der Waals surface area contributed by atoms with Crippen molar-refractivity contribution >= 4 is 0 Å². The van der Waals surface area contributed by atoms with Crippen LogP contribution in [0, 0.1) is 23.7 Å². The first-order chi connectivity index (χ1) is 9.35. The van der Waals surface area contributed by atoms with E-state index >= 15 is 0 Å². The summed E-state index contributed by atoms with van der Waals surface area (Å²) in [6.07, 6.45) is 13.3. The molecule has 2 heteroatoms. The van der Waals surface area contributed by atoms with Crippen LogP contribution in [0.3, 0.4) is 0 Å². The highest BCUT2D eigenvalue weighted by molar-refractivity contribution is 5.16. The summed E-state index contributed by atoms with van der Waals surface area (Å²) in [7, 11) is 0. The molecule has 1 spiro atoms. The lowest BCUT2D eigenvalue weighted by atomic mass is 9.98. The fourth-order valence-electron chi connectivity index (χ4n) is 6.29. The summed E-state index contributed by atoms with van der Waals surface area (Å²) >= 11 is 0. The standard InChI is InChI=1S/C17H27NO/c1-2-7-17(6-1)8-5-13(19-17)10-18-16-14-11-3-4-12(9-11)15(14)16/h11-16,18H,1-10H2. The minimum absolute atomic E-state index is 0.324. The Hall–Kier alpha value is -0.0800. The highest BCUT2D eigenvalue weighted by Crippen LogP contribution is 2.65. The van der Waals surface area contributed by atoms with Crippen molar-refractivity contribution in [1.29, 1.82) is 0 Å². The first kappa shape index (κ1) is 11.6. The normalized spacial score (nSPS) is 53.1. The van der Waals surface area contributed by atoms with Gasteiger partial charge in [0.15, 0.2) is 0 Å². The summed E-state index contributed by atoms with van der Waals surface area (Å²) in [6, 6.07) is 0.884. The van der Waals surface area contributed by atoms with Gasteiger partial charge in [-0.15, -0.1) is 0 Å². The predicted octanol–water partition coefficient (Wildman–Crippen LogP) is 3.11. The van der Waals surface area contributed by atoms with E-state index in [1.165, 1.54) is 51.4 Å². The molecular weight excluding hydrogens is 234 g/mol. The molecule has 0 amide bonds. The predicted molar refractivity (Wildman–Crippen MR) is 74.9 cm³/mol. The number of hydrogen-bond donors (Lipinski definition) is 1. The Balaban J connectivity index is 1.14. The molecule has 4 saturated carbocycles. The topological polar surface area (TPSA) is 21.3 Å². The summed E-state index contributed by atoms with van der Waals surface area (Å²) in [6.45, 7) is 1.14. The first-order valence-electron chi connectivity index (χ1n) is 8.76. The van der Waals surface area contributed by atoms with Gasteiger partial charge < -0.3 is 10.1 Å². The average Bonchev–Trinajstić information content (AvgIpc) is 2.97. The maximum Gasteiger partial charge on any atom is 0.0708 e. The van der Waals surface area contributed by atoms with Gasteiger partial charge in [-0.05, 0) is 68.6 Å². The van der Waals surface area contributed by atoms with Gasteiger partial charge in [0.1, 0.15) is 0 Å². The van der Waals surface area contributed by atoms with Gasteiger partial charge in [-0.1, -0.05) is 12.8 Å². The van der Waals surface area contributed by atoms with Gasteiger partial charge >= 0.3 is 0 Å². The van der Waals surface area contributed by atoms with Crippen molar-refractivity contribution in [2.45, 2.75) is 75.5 Å². The van der Waals surface area contributed by atoms with Crippen LogP contribution in [0.5, 0.6) is 0 Å². The smallest absolute Gasteiger partial charge is 0.0708 e. The molecule has 1 heterocycles. The Labute approximate surface area is 116 Å². The Morgan fingerprint density at radius 3 is 2.42 bits per heavy atom. The highest BCUT2D eigenvalue weighted by Gasteiger charge is 2.64. The van der Waals surface area contributed by atoms with Crippen LogP contribution in [0.25, 0.3) is 0 Å². The molecule has 1 N–H and O–H groups in total. The third-order valence-electron chi connectivity index (χ3n) is 7.17. The van der Waals surface area contributed by atoms with Gasteiger partial charge in [0.05, 0.1) is 11.7 Å². The molecule has 19 heavy (non-hydrogen) atoms. The number of ether oxygens (including phenoxy) is 1. The molecule has 5 unspecified atom stereocenters. The highest BCUT2D eigenvalue weighted by atomic mass is 16.5. The third kappa shape index (κ3) is 1.68. The molecular formula is C17H27NO. The van der Waals surface area contributed by atoms with E-state index in [4.69, 9.17) is 4.74 Å². The van der Waals surface area contributed by atoms with Crippen LogP contribution < -0.4 is 5.32 Å². The number of hydrogen-bond acceptors (Lipinski definition) is 2. The van der Waals surface area contributed by atoms with E-state index in [-0.39, 0.29) is 0 Å². The second-order valence-corrected chi connectivity index (χ2v) is 8.09. The summed E-state index contributed by atoms with van der Waals surface area (Å²) in [4.78, 5) is 0. The largest absolute Gasteiger partial charge is 0.370 e. The molecule has 5 fully saturated rings. The van der Waals surface area contributed by atoms with E-state index < -0.39 is 0 Å². The van der Waals surface area contributed by atoms with Gasteiger partial charge in [0.2, 0.25) is 0 Å². The number of fused-ring (bicyclic) bond motifs is 5. The van der Waals surface area contributed by atoms with Crippen LogP contribution in [0.15, 0.2) is 0 Å². The van der Waals surface area contributed by atoms with E-state index in [2.05, 4.69) is 5.32 Å². The zero-order valence-corrected chi connectivity index (χ0v) is 11.9. The number of rotatable bonds is 3. The molecule has 0 aromatic carbocycles. The molecule has 5 rings (SSSR count). The molecule has 4 aliphatic carbocycles. The maximum absolute atomic E-state index is 6.42. The van der Waals surface area contributed by atoms with Crippen molar-refractivity contribution in [3.05, 3.63) is 0 Å². The minimum atomic E-state index is 0.324. The van der Waals surface area contributed by atoms with Crippen LogP contribution in [-0.4, -0.2) is 24.3 Å². The Bertz CT molecular complexity index is 359. The van der Waals surface area contributed by atoms with Crippen molar-refractivity contribution < 1.29 is 4.74 Å². The monoisotopic (exact) mass is 261 g/mol. The quantitative estimate of drug-likeness (QED) is 0.843. The zero-order chi connectivity index (χ0) is 12.4. The minimum Gasteiger partial charge on any atom is -0.370 e. The molecule has 2 bridgehead atoms. The van der Waals surface area contributed by atoms with Crippen LogP contribution in [-0.2, 0) is 4.74 Å². The third-order valence-corrected chi connectivity index (χ3v) is 7.17. The molecule has 0 aromatic rings. The van der Waals surface area contributed by atoms with E-state index in [9.17, 15) is 0 Å². The lowest BCUT2D eigenvalue weighted by molar-refractivity contribution is -0.0354. The van der Waals surface area contributed by atoms with Gasteiger partial charge in [-0.25, -0.2) is 0 Å². The van der Waals surface area contributed by atoms with Crippen LogP contribution in [0.4, 0.5) is 0 Å². The molecule has 5 atom stereocenters. The van der Waals surface area contributed by atoms with Gasteiger partial charge in [-0.3, -0.25) is 0 Å². The van der Waals surface area contributed by atoms with Crippen LogP contribution >= 0.6 is 0 Å². The number of nitrogens with one attached hydrogen (secondary N) is 1. The molecule has 1 aliphatic heterocycles. The molecule has 106 valence electrons. The van der Waals surface area contributed by atoms with Crippen molar-refractivity contribution in [2.75, 3.05) is 6.54 Å². The van der Waals surface area contributed by atoms with Gasteiger partial charge in [0.25, 0.3) is 0 Å². The van der Waals surface area contributed by atoms with E-state index in [0.29, 0.717) is 11.7 Å². The fourth-order valence-corrected chi connectivity index (χ4v) is 6.29. The molecule has 0 aromatic heterocycles. The molecule has 1 saturated heterocycles. The second kappa shape index (κ2) is 3.98. The van der Waals surface area contributed by atoms with Crippen LogP contribution in [0.2, 0.25) is 0 Å². The van der Waals surface area contributed by atoms with Gasteiger partial charge in [0, 0.05) is 12.6 Å². The van der Waals surface area contributed by atoms with E-state index in [1.54, 1.807) is 6.42 Å². The average molecular weight is 261 g/mol. The summed E-state index contributed by atoms with van der Waals surface area (Å²) in [5.74, 6) is 4.33. The second-order valence-electron chi connectivity index (χ2n) is 8.09. The molecule has 2 nitrogen and oxygen atoms in total. The SMILES string of the molecule is C1CCC2(C1)CCC(CNC1C3C4CCC(C4)C13)O2. The van der Waals surface area contributed by atoms with Crippen molar-refractivity contribution in [3.63, 3.8) is 0 Å².